The van der Waals surface area contributed by atoms with E-state index < -0.39 is 10.0 Å². The number of carbonyl (C=O) groups excluding carboxylic acids is 1. The van der Waals surface area contributed by atoms with E-state index in [1.807, 2.05) is 6.92 Å². The molecule has 12 heteroatoms. The van der Waals surface area contributed by atoms with Crippen molar-refractivity contribution < 1.29 is 17.9 Å². The van der Waals surface area contributed by atoms with Crippen LogP contribution >= 0.6 is 23.4 Å². The number of methoxy groups -OCH3 is 1. The van der Waals surface area contributed by atoms with Crippen LogP contribution in [0.3, 0.4) is 0 Å². The predicted octanol–water partition coefficient (Wildman–Crippen LogP) is 5.32. The van der Waals surface area contributed by atoms with Gasteiger partial charge in [0.15, 0.2) is 11.6 Å². The highest BCUT2D eigenvalue weighted by Crippen LogP contribution is 2.32. The normalized spacial score (nSPS) is 11.2. The zero-order chi connectivity index (χ0) is 27.1. The van der Waals surface area contributed by atoms with Crippen molar-refractivity contribution in [1.29, 1.82) is 0 Å². The second kappa shape index (κ2) is 12.3. The molecule has 38 heavy (non-hydrogen) atoms. The van der Waals surface area contributed by atoms with Gasteiger partial charge in [0.2, 0.25) is 0 Å². The molecule has 0 atom stereocenters. The minimum atomic E-state index is -4.14. The number of thioether (sulfide) groups is 1. The van der Waals surface area contributed by atoms with Crippen LogP contribution < -0.4 is 20.1 Å². The standard InChI is InChI=1S/C26H26ClN5O4S2/c1-3-37-14-13-28-26(33)17-7-6-8-19(15-17)38(34,35)32-25-24(29-21-9-4-5-10-22(21)30-25)31-23-16-18(36-2)11-12-20(23)27/h4-12,15-16H,3,13-14H2,1-2H3,(H,28,33)(H,29,31)(H,30,32). The highest BCUT2D eigenvalue weighted by Gasteiger charge is 2.21. The lowest BCUT2D eigenvalue weighted by Gasteiger charge is -2.15. The summed E-state index contributed by atoms with van der Waals surface area (Å²) in [7, 11) is -2.61. The number of amides is 1. The zero-order valence-electron chi connectivity index (χ0n) is 20.7. The predicted molar refractivity (Wildman–Crippen MR) is 153 cm³/mol. The number of benzene rings is 3. The summed E-state index contributed by atoms with van der Waals surface area (Å²) < 4.78 is 34.6. The number of nitrogens with one attached hydrogen (secondary N) is 3. The van der Waals surface area contributed by atoms with Crippen LogP contribution in [0, 0.1) is 0 Å². The molecule has 4 rings (SSSR count). The third kappa shape index (κ3) is 6.66. The first-order chi connectivity index (χ1) is 18.3. The van der Waals surface area contributed by atoms with Gasteiger partial charge < -0.3 is 15.4 Å². The summed E-state index contributed by atoms with van der Waals surface area (Å²) in [5.74, 6) is 2.04. The number of aromatic nitrogens is 2. The monoisotopic (exact) mass is 571 g/mol. The number of hydrogen-bond acceptors (Lipinski definition) is 8. The first kappa shape index (κ1) is 27.5. The molecule has 0 spiro atoms. The molecule has 0 bridgehead atoms. The maximum absolute atomic E-state index is 13.4. The Hall–Kier alpha value is -3.54. The number of halogens is 1. The number of anilines is 3. The number of ether oxygens (including phenoxy) is 1. The number of sulfonamides is 1. The molecule has 0 aliphatic heterocycles. The molecule has 0 saturated carbocycles. The van der Waals surface area contributed by atoms with E-state index in [0.29, 0.717) is 34.0 Å². The molecule has 0 radical (unpaired) electrons. The van der Waals surface area contributed by atoms with Crippen molar-refractivity contribution in [1.82, 2.24) is 15.3 Å². The number of hydrogen-bond donors (Lipinski definition) is 3. The molecule has 0 unspecified atom stereocenters. The summed E-state index contributed by atoms with van der Waals surface area (Å²) in [5.41, 5.74) is 1.74. The Labute approximate surface area is 230 Å². The molecule has 198 valence electrons. The SMILES string of the molecule is CCSCCNC(=O)c1cccc(S(=O)(=O)Nc2nc3ccccc3nc2Nc2cc(OC)ccc2Cl)c1. The average molecular weight is 572 g/mol. The summed E-state index contributed by atoms with van der Waals surface area (Å²) in [6.45, 7) is 2.53. The van der Waals surface area contributed by atoms with Crippen LogP contribution in [0.4, 0.5) is 17.3 Å². The van der Waals surface area contributed by atoms with Gasteiger partial charge in [0, 0.05) is 23.9 Å². The molecular weight excluding hydrogens is 546 g/mol. The molecule has 1 aromatic heterocycles. The smallest absolute Gasteiger partial charge is 0.263 e. The van der Waals surface area contributed by atoms with Gasteiger partial charge in [-0.25, -0.2) is 18.4 Å². The molecule has 1 heterocycles. The Bertz CT molecular complexity index is 1570. The molecule has 3 aromatic carbocycles. The Morgan fingerprint density at radius 3 is 2.45 bits per heavy atom. The van der Waals surface area contributed by atoms with E-state index in [9.17, 15) is 13.2 Å². The Kier molecular flexibility index (Phi) is 8.93. The topological polar surface area (TPSA) is 122 Å². The maximum Gasteiger partial charge on any atom is 0.263 e. The second-order valence-electron chi connectivity index (χ2n) is 7.97. The van der Waals surface area contributed by atoms with E-state index in [-0.39, 0.29) is 28.0 Å². The molecule has 4 aromatic rings. The average Bonchev–Trinajstić information content (AvgIpc) is 2.92. The summed E-state index contributed by atoms with van der Waals surface area (Å²) in [5, 5.41) is 6.25. The third-order valence-corrected chi connectivity index (χ3v) is 7.94. The molecule has 1 amide bonds. The Morgan fingerprint density at radius 1 is 1.00 bits per heavy atom. The summed E-state index contributed by atoms with van der Waals surface area (Å²) in [4.78, 5) is 21.5. The van der Waals surface area contributed by atoms with Crippen molar-refractivity contribution in [2.75, 3.05) is 35.2 Å². The van der Waals surface area contributed by atoms with E-state index in [1.165, 1.54) is 25.3 Å². The molecule has 0 aliphatic carbocycles. The van der Waals surface area contributed by atoms with Crippen LogP contribution in [0.15, 0.2) is 71.6 Å². The van der Waals surface area contributed by atoms with Crippen molar-refractivity contribution >= 4 is 67.6 Å². The van der Waals surface area contributed by atoms with Crippen LogP contribution in [0.25, 0.3) is 11.0 Å². The molecule has 0 fully saturated rings. The van der Waals surface area contributed by atoms with Crippen molar-refractivity contribution in [3.05, 3.63) is 77.3 Å². The van der Waals surface area contributed by atoms with Crippen LogP contribution in [0.1, 0.15) is 17.3 Å². The van der Waals surface area contributed by atoms with Gasteiger partial charge in [-0.15, -0.1) is 0 Å². The van der Waals surface area contributed by atoms with Gasteiger partial charge in [-0.1, -0.05) is 36.7 Å². The number of carbonyl (C=O) groups is 1. The fraction of sp³-hybridized carbons (Fsp3) is 0.192. The molecule has 9 nitrogen and oxygen atoms in total. The maximum atomic E-state index is 13.4. The number of fused-ring (bicyclic) bond motifs is 1. The van der Waals surface area contributed by atoms with Crippen molar-refractivity contribution in [3.63, 3.8) is 0 Å². The molecular formula is C26H26ClN5O4S2. The van der Waals surface area contributed by atoms with Crippen LogP contribution in [0.2, 0.25) is 5.02 Å². The minimum absolute atomic E-state index is 0.0333. The van der Waals surface area contributed by atoms with Gasteiger partial charge in [-0.2, -0.15) is 11.8 Å². The van der Waals surface area contributed by atoms with Gasteiger partial charge >= 0.3 is 0 Å². The lowest BCUT2D eigenvalue weighted by Crippen LogP contribution is -2.26. The van der Waals surface area contributed by atoms with Crippen molar-refractivity contribution in [2.45, 2.75) is 11.8 Å². The fourth-order valence-corrected chi connectivity index (χ4v) is 5.24. The van der Waals surface area contributed by atoms with Gasteiger partial charge in [-0.3, -0.25) is 9.52 Å². The van der Waals surface area contributed by atoms with Crippen LogP contribution in [-0.4, -0.2) is 49.5 Å². The highest BCUT2D eigenvalue weighted by atomic mass is 35.5. The fourth-order valence-electron chi connectivity index (χ4n) is 3.49. The van der Waals surface area contributed by atoms with E-state index in [4.69, 9.17) is 16.3 Å². The summed E-state index contributed by atoms with van der Waals surface area (Å²) in [6.07, 6.45) is 0. The summed E-state index contributed by atoms with van der Waals surface area (Å²) in [6, 6.07) is 17.9. The first-order valence-electron chi connectivity index (χ1n) is 11.7. The Morgan fingerprint density at radius 2 is 1.74 bits per heavy atom. The zero-order valence-corrected chi connectivity index (χ0v) is 23.1. The van der Waals surface area contributed by atoms with Gasteiger partial charge in [0.05, 0.1) is 33.7 Å². The second-order valence-corrected chi connectivity index (χ2v) is 11.4. The van der Waals surface area contributed by atoms with E-state index in [0.717, 1.165) is 11.5 Å². The number of nitrogens with zero attached hydrogens (tertiary/aromatic N) is 2. The van der Waals surface area contributed by atoms with Crippen molar-refractivity contribution in [3.8, 4) is 5.75 Å². The summed E-state index contributed by atoms with van der Waals surface area (Å²) >= 11 is 8.06. The lowest BCUT2D eigenvalue weighted by molar-refractivity contribution is 0.0956. The number of para-hydroxylation sites is 2. The van der Waals surface area contributed by atoms with Crippen LogP contribution in [-0.2, 0) is 10.0 Å². The molecule has 3 N–H and O–H groups in total. The minimum Gasteiger partial charge on any atom is -0.497 e. The molecule has 0 saturated heterocycles. The Balaban J connectivity index is 1.66. The largest absolute Gasteiger partial charge is 0.497 e. The third-order valence-electron chi connectivity index (χ3n) is 5.37. The van der Waals surface area contributed by atoms with Crippen LogP contribution in [0.5, 0.6) is 5.75 Å². The number of rotatable bonds is 11. The van der Waals surface area contributed by atoms with Gasteiger partial charge in [0.1, 0.15) is 5.75 Å². The van der Waals surface area contributed by atoms with Crippen molar-refractivity contribution in [2.24, 2.45) is 0 Å². The highest BCUT2D eigenvalue weighted by molar-refractivity contribution is 7.99. The lowest BCUT2D eigenvalue weighted by atomic mass is 10.2. The molecule has 0 aliphatic rings. The first-order valence-corrected chi connectivity index (χ1v) is 14.7. The van der Waals surface area contributed by atoms with Gasteiger partial charge in [0.25, 0.3) is 15.9 Å². The van der Waals surface area contributed by atoms with E-state index in [1.54, 1.807) is 60.3 Å². The quantitative estimate of drug-likeness (QED) is 0.207. The van der Waals surface area contributed by atoms with E-state index >= 15 is 0 Å². The van der Waals surface area contributed by atoms with Gasteiger partial charge in [-0.05, 0) is 48.2 Å². The van der Waals surface area contributed by atoms with E-state index in [2.05, 4.69) is 25.3 Å².